The van der Waals surface area contributed by atoms with Crippen molar-refractivity contribution in [1.29, 1.82) is 0 Å². The summed E-state index contributed by atoms with van der Waals surface area (Å²) in [5.74, 6) is -5.70. The van der Waals surface area contributed by atoms with E-state index in [0.717, 1.165) is 6.92 Å². The number of nitrogens with two attached hydrogens (primary N) is 1. The Balaban J connectivity index is 4.58. The number of carboxylic acid groups (broad SMARTS) is 2. The quantitative estimate of drug-likeness (QED) is 0.299. The van der Waals surface area contributed by atoms with E-state index < -0.39 is 54.7 Å². The Labute approximate surface area is 119 Å². The number of hydrogen-bond donors (Lipinski definition) is 4. The van der Waals surface area contributed by atoms with Crippen LogP contribution in [0.1, 0.15) is 26.2 Å². The number of carbonyl (C=O) groups excluding carboxylic acids is 3. The molecule has 0 aromatic heterocycles. The standard InChI is InChI=1S/C11H16N2O8/c1-5(14)13-7(4-9(17)18)11(20)21-10(19)6(12)2-3-8(15)16/h6-7H,2-4,12H2,1H3,(H,13,14)(H,15,16)(H,17,18)/t6-,7-/m0/s1. The van der Waals surface area contributed by atoms with Crippen molar-refractivity contribution < 1.29 is 38.9 Å². The van der Waals surface area contributed by atoms with Crippen LogP contribution < -0.4 is 11.1 Å². The first-order valence-corrected chi connectivity index (χ1v) is 5.85. The third-order valence-electron chi connectivity index (χ3n) is 2.21. The van der Waals surface area contributed by atoms with Crippen LogP contribution in [0.3, 0.4) is 0 Å². The van der Waals surface area contributed by atoms with E-state index in [0.29, 0.717) is 0 Å². The van der Waals surface area contributed by atoms with Crippen LogP contribution in [0.2, 0.25) is 0 Å². The highest BCUT2D eigenvalue weighted by Crippen LogP contribution is 2.02. The smallest absolute Gasteiger partial charge is 0.336 e. The minimum Gasteiger partial charge on any atom is -0.481 e. The molecule has 0 fully saturated rings. The summed E-state index contributed by atoms with van der Waals surface area (Å²) >= 11 is 0. The third kappa shape index (κ3) is 8.31. The summed E-state index contributed by atoms with van der Waals surface area (Å²) in [5, 5.41) is 19.0. The SMILES string of the molecule is CC(=O)N[C@@H](CC(=O)O)C(=O)OC(=O)[C@@H](N)CCC(=O)O. The highest BCUT2D eigenvalue weighted by atomic mass is 16.6. The van der Waals surface area contributed by atoms with E-state index in [1.165, 1.54) is 0 Å². The number of esters is 2. The number of carboxylic acids is 2. The summed E-state index contributed by atoms with van der Waals surface area (Å²) in [4.78, 5) is 54.7. The summed E-state index contributed by atoms with van der Waals surface area (Å²) < 4.78 is 4.33. The zero-order valence-electron chi connectivity index (χ0n) is 11.2. The fraction of sp³-hybridized carbons (Fsp3) is 0.545. The predicted molar refractivity (Wildman–Crippen MR) is 65.8 cm³/mol. The average Bonchev–Trinajstić information content (AvgIpc) is 2.33. The topological polar surface area (TPSA) is 173 Å². The second kappa shape index (κ2) is 8.64. The molecule has 0 aliphatic rings. The number of carbonyl (C=O) groups is 5. The molecule has 0 saturated heterocycles. The maximum Gasteiger partial charge on any atom is 0.336 e. The molecular formula is C11H16N2O8. The predicted octanol–water partition coefficient (Wildman–Crippen LogP) is -1.77. The van der Waals surface area contributed by atoms with Gasteiger partial charge in [-0.2, -0.15) is 0 Å². The largest absolute Gasteiger partial charge is 0.481 e. The molecule has 21 heavy (non-hydrogen) atoms. The third-order valence-corrected chi connectivity index (χ3v) is 2.21. The van der Waals surface area contributed by atoms with Crippen molar-refractivity contribution in [3.63, 3.8) is 0 Å². The summed E-state index contributed by atoms with van der Waals surface area (Å²) in [6.45, 7) is 1.06. The molecule has 0 spiro atoms. The van der Waals surface area contributed by atoms with E-state index in [-0.39, 0.29) is 6.42 Å². The number of ether oxygens (including phenoxy) is 1. The molecule has 0 aromatic carbocycles. The number of amides is 1. The molecular weight excluding hydrogens is 288 g/mol. The number of aliphatic carboxylic acids is 2. The van der Waals surface area contributed by atoms with Crippen LogP contribution >= 0.6 is 0 Å². The second-order valence-electron chi connectivity index (χ2n) is 4.13. The van der Waals surface area contributed by atoms with Gasteiger partial charge in [0.2, 0.25) is 5.91 Å². The number of nitrogens with one attached hydrogen (secondary N) is 1. The van der Waals surface area contributed by atoms with Crippen molar-refractivity contribution in [2.24, 2.45) is 5.73 Å². The summed E-state index contributed by atoms with van der Waals surface area (Å²) in [6, 6.07) is -2.87. The van der Waals surface area contributed by atoms with E-state index in [1.54, 1.807) is 0 Å². The van der Waals surface area contributed by atoms with Gasteiger partial charge in [-0.3, -0.25) is 14.4 Å². The van der Waals surface area contributed by atoms with Crippen molar-refractivity contribution in [3.8, 4) is 0 Å². The molecule has 1 amide bonds. The van der Waals surface area contributed by atoms with Crippen LogP contribution in [0.5, 0.6) is 0 Å². The van der Waals surface area contributed by atoms with E-state index in [1.807, 2.05) is 5.32 Å². The zero-order valence-corrected chi connectivity index (χ0v) is 11.2. The van der Waals surface area contributed by atoms with Crippen LogP contribution in [0.25, 0.3) is 0 Å². The van der Waals surface area contributed by atoms with Gasteiger partial charge in [0, 0.05) is 13.3 Å². The first-order chi connectivity index (χ1) is 9.63. The van der Waals surface area contributed by atoms with Crippen LogP contribution in [-0.2, 0) is 28.7 Å². The van der Waals surface area contributed by atoms with Gasteiger partial charge < -0.3 is 26.0 Å². The van der Waals surface area contributed by atoms with Gasteiger partial charge in [0.1, 0.15) is 12.1 Å². The number of rotatable bonds is 8. The summed E-state index contributed by atoms with van der Waals surface area (Å²) in [6.07, 6.45) is -1.41. The first kappa shape index (κ1) is 18.5. The van der Waals surface area contributed by atoms with Gasteiger partial charge in [0.25, 0.3) is 0 Å². The van der Waals surface area contributed by atoms with Gasteiger partial charge in [-0.05, 0) is 6.42 Å². The van der Waals surface area contributed by atoms with Gasteiger partial charge in [0.05, 0.1) is 6.42 Å². The fourth-order valence-corrected chi connectivity index (χ4v) is 1.26. The number of hydrogen-bond acceptors (Lipinski definition) is 7. The highest BCUT2D eigenvalue weighted by Gasteiger charge is 2.28. The molecule has 0 aliphatic carbocycles. The van der Waals surface area contributed by atoms with Crippen LogP contribution in [0, 0.1) is 0 Å². The lowest BCUT2D eigenvalue weighted by molar-refractivity contribution is -0.164. The maximum absolute atomic E-state index is 11.6. The first-order valence-electron chi connectivity index (χ1n) is 5.85. The van der Waals surface area contributed by atoms with E-state index in [2.05, 4.69) is 4.74 Å². The molecule has 0 bridgehead atoms. The van der Waals surface area contributed by atoms with Crippen molar-refractivity contribution >= 4 is 29.8 Å². The lowest BCUT2D eigenvalue weighted by atomic mass is 10.1. The second-order valence-corrected chi connectivity index (χ2v) is 4.13. The summed E-state index contributed by atoms with van der Waals surface area (Å²) in [7, 11) is 0. The van der Waals surface area contributed by atoms with Gasteiger partial charge in [-0.25, -0.2) is 9.59 Å². The monoisotopic (exact) mass is 304 g/mol. The van der Waals surface area contributed by atoms with Gasteiger partial charge in [0.15, 0.2) is 0 Å². The van der Waals surface area contributed by atoms with Gasteiger partial charge in [-0.1, -0.05) is 0 Å². The van der Waals surface area contributed by atoms with Gasteiger partial charge in [-0.15, -0.1) is 0 Å². The molecule has 0 unspecified atom stereocenters. The van der Waals surface area contributed by atoms with E-state index in [9.17, 15) is 24.0 Å². The molecule has 10 heteroatoms. The van der Waals surface area contributed by atoms with E-state index in [4.69, 9.17) is 15.9 Å². The Kier molecular flexibility index (Phi) is 7.61. The lowest BCUT2D eigenvalue weighted by Gasteiger charge is -2.15. The minimum atomic E-state index is -1.53. The highest BCUT2D eigenvalue weighted by molar-refractivity contribution is 5.94. The minimum absolute atomic E-state index is 0.245. The fourth-order valence-electron chi connectivity index (χ4n) is 1.26. The zero-order chi connectivity index (χ0) is 16.6. The summed E-state index contributed by atoms with van der Waals surface area (Å²) in [5.41, 5.74) is 5.32. The van der Waals surface area contributed by atoms with Crippen molar-refractivity contribution in [2.75, 3.05) is 0 Å². The molecule has 118 valence electrons. The van der Waals surface area contributed by atoms with Crippen LogP contribution in [-0.4, -0.2) is 52.1 Å². The van der Waals surface area contributed by atoms with Crippen molar-refractivity contribution in [3.05, 3.63) is 0 Å². The van der Waals surface area contributed by atoms with Crippen LogP contribution in [0.15, 0.2) is 0 Å². The molecule has 0 aliphatic heterocycles. The molecule has 0 heterocycles. The molecule has 5 N–H and O–H groups in total. The van der Waals surface area contributed by atoms with Crippen molar-refractivity contribution in [1.82, 2.24) is 5.32 Å². The molecule has 0 saturated carbocycles. The molecule has 2 atom stereocenters. The van der Waals surface area contributed by atoms with Gasteiger partial charge >= 0.3 is 23.9 Å². The maximum atomic E-state index is 11.6. The Hall–Kier alpha value is -2.49. The Morgan fingerprint density at radius 3 is 2.10 bits per heavy atom. The Morgan fingerprint density at radius 2 is 1.67 bits per heavy atom. The van der Waals surface area contributed by atoms with E-state index >= 15 is 0 Å². The van der Waals surface area contributed by atoms with Crippen molar-refractivity contribution in [2.45, 2.75) is 38.3 Å². The Bertz CT molecular complexity index is 432. The Morgan fingerprint density at radius 1 is 1.10 bits per heavy atom. The molecule has 0 rings (SSSR count). The average molecular weight is 304 g/mol. The molecule has 0 aromatic rings. The normalized spacial score (nSPS) is 12.9. The molecule has 10 nitrogen and oxygen atoms in total. The lowest BCUT2D eigenvalue weighted by Crippen LogP contribution is -2.45. The molecule has 0 radical (unpaired) electrons. The van der Waals surface area contributed by atoms with Crippen LogP contribution in [0.4, 0.5) is 0 Å².